The van der Waals surface area contributed by atoms with Gasteiger partial charge >= 0.3 is 0 Å². The molecule has 4 nitrogen and oxygen atoms in total. The summed E-state index contributed by atoms with van der Waals surface area (Å²) < 4.78 is 5.34. The average Bonchev–Trinajstić information content (AvgIpc) is 2.79. The Labute approximate surface area is 119 Å². The fourth-order valence-electron chi connectivity index (χ4n) is 2.50. The summed E-state index contributed by atoms with van der Waals surface area (Å²) in [4.78, 5) is 4.45. The van der Waals surface area contributed by atoms with Gasteiger partial charge in [0.2, 0.25) is 5.89 Å². The summed E-state index contributed by atoms with van der Waals surface area (Å²) in [5.74, 6) is 1.33. The first-order chi connectivity index (χ1) is 9.49. The molecule has 1 heterocycles. The van der Waals surface area contributed by atoms with Crippen LogP contribution in [0.5, 0.6) is 0 Å². The molecule has 0 radical (unpaired) electrons. The molecule has 2 rings (SSSR count). The van der Waals surface area contributed by atoms with E-state index in [0.717, 1.165) is 0 Å². The Kier molecular flexibility index (Phi) is 4.55. The molecule has 0 spiro atoms. The van der Waals surface area contributed by atoms with E-state index < -0.39 is 6.10 Å². The molecule has 2 unspecified atom stereocenters. The lowest BCUT2D eigenvalue weighted by Gasteiger charge is -2.19. The van der Waals surface area contributed by atoms with E-state index in [0.29, 0.717) is 18.1 Å². The predicted molar refractivity (Wildman–Crippen MR) is 77.5 cm³/mol. The second-order valence-electron chi connectivity index (χ2n) is 5.66. The van der Waals surface area contributed by atoms with Crippen molar-refractivity contribution in [1.82, 2.24) is 10.1 Å². The van der Waals surface area contributed by atoms with Gasteiger partial charge in [0.25, 0.3) is 0 Å². The molecule has 2 aromatic rings. The lowest BCUT2D eigenvalue weighted by Crippen LogP contribution is -2.20. The van der Waals surface area contributed by atoms with Gasteiger partial charge in [-0.3, -0.25) is 0 Å². The Morgan fingerprint density at radius 2 is 1.90 bits per heavy atom. The average molecular weight is 274 g/mol. The highest BCUT2D eigenvalue weighted by Crippen LogP contribution is 2.27. The Morgan fingerprint density at radius 3 is 2.50 bits per heavy atom. The van der Waals surface area contributed by atoms with Crippen molar-refractivity contribution in [2.45, 2.75) is 46.1 Å². The predicted octanol–water partition coefficient (Wildman–Crippen LogP) is 3.09. The number of benzene rings is 1. The smallest absolute Gasteiger partial charge is 0.232 e. The van der Waals surface area contributed by atoms with Crippen molar-refractivity contribution in [3.8, 4) is 0 Å². The minimum absolute atomic E-state index is 0.117. The largest absolute Gasteiger partial charge is 0.393 e. The number of nitrogens with zero attached hydrogens (tertiary/aromatic N) is 2. The van der Waals surface area contributed by atoms with Crippen LogP contribution in [0.15, 0.2) is 28.8 Å². The van der Waals surface area contributed by atoms with Crippen LogP contribution < -0.4 is 0 Å². The summed E-state index contributed by atoms with van der Waals surface area (Å²) >= 11 is 0. The lowest BCUT2D eigenvalue weighted by atomic mass is 9.91. The SMILES string of the molecule is Cc1ccccc1Cc1noc(C(C(C)C)C(C)O)n1. The molecule has 0 bridgehead atoms. The Hall–Kier alpha value is -1.68. The normalized spacial score (nSPS) is 14.5. The van der Waals surface area contributed by atoms with Crippen molar-refractivity contribution in [3.05, 3.63) is 47.1 Å². The van der Waals surface area contributed by atoms with Crippen LogP contribution in [-0.2, 0) is 6.42 Å². The Morgan fingerprint density at radius 1 is 1.20 bits per heavy atom. The summed E-state index contributed by atoms with van der Waals surface area (Å²) in [5, 5.41) is 13.9. The van der Waals surface area contributed by atoms with E-state index in [9.17, 15) is 5.11 Å². The molecule has 1 aromatic carbocycles. The highest BCUT2D eigenvalue weighted by atomic mass is 16.5. The van der Waals surface area contributed by atoms with E-state index in [1.54, 1.807) is 6.92 Å². The molecule has 0 saturated carbocycles. The van der Waals surface area contributed by atoms with E-state index in [-0.39, 0.29) is 11.8 Å². The van der Waals surface area contributed by atoms with Gasteiger partial charge < -0.3 is 9.63 Å². The van der Waals surface area contributed by atoms with Crippen molar-refractivity contribution in [1.29, 1.82) is 0 Å². The van der Waals surface area contributed by atoms with Crippen molar-refractivity contribution in [2.75, 3.05) is 0 Å². The second kappa shape index (κ2) is 6.18. The van der Waals surface area contributed by atoms with Crippen molar-refractivity contribution in [3.63, 3.8) is 0 Å². The molecule has 0 amide bonds. The Bertz CT molecular complexity index is 553. The molecule has 4 heteroatoms. The number of hydrogen-bond acceptors (Lipinski definition) is 4. The minimum Gasteiger partial charge on any atom is -0.393 e. The fraction of sp³-hybridized carbons (Fsp3) is 0.500. The number of aliphatic hydroxyl groups excluding tert-OH is 1. The molecule has 1 aromatic heterocycles. The van der Waals surface area contributed by atoms with Crippen LogP contribution in [0.3, 0.4) is 0 Å². The first-order valence-electron chi connectivity index (χ1n) is 7.04. The maximum atomic E-state index is 9.85. The molecular weight excluding hydrogens is 252 g/mol. The van der Waals surface area contributed by atoms with Crippen molar-refractivity contribution in [2.24, 2.45) is 5.92 Å². The van der Waals surface area contributed by atoms with Crippen LogP contribution in [0.4, 0.5) is 0 Å². The van der Waals surface area contributed by atoms with E-state index in [4.69, 9.17) is 4.52 Å². The molecule has 0 fully saturated rings. The zero-order valence-corrected chi connectivity index (χ0v) is 12.5. The van der Waals surface area contributed by atoms with E-state index in [2.05, 4.69) is 29.2 Å². The van der Waals surface area contributed by atoms with Gasteiger partial charge in [-0.2, -0.15) is 4.98 Å². The van der Waals surface area contributed by atoms with Gasteiger partial charge in [0, 0.05) is 6.42 Å². The third kappa shape index (κ3) is 3.25. The number of aryl methyl sites for hydroxylation is 1. The first-order valence-corrected chi connectivity index (χ1v) is 7.04. The van der Waals surface area contributed by atoms with Gasteiger partial charge in [-0.05, 0) is 30.9 Å². The number of hydrogen-bond donors (Lipinski definition) is 1. The first kappa shape index (κ1) is 14.7. The Balaban J connectivity index is 2.19. The molecule has 0 saturated heterocycles. The standard InChI is InChI=1S/C16H22N2O2/c1-10(2)15(12(4)19)16-17-14(18-20-16)9-13-8-6-5-7-11(13)3/h5-8,10,12,15,19H,9H2,1-4H3. The number of rotatable bonds is 5. The molecule has 0 aliphatic carbocycles. The molecule has 0 aliphatic heterocycles. The van der Waals surface area contributed by atoms with Gasteiger partial charge in [0.1, 0.15) is 0 Å². The van der Waals surface area contributed by atoms with Crippen molar-refractivity contribution < 1.29 is 9.63 Å². The highest BCUT2D eigenvalue weighted by molar-refractivity contribution is 5.28. The van der Waals surface area contributed by atoms with Crippen molar-refractivity contribution >= 4 is 0 Å². The fourth-order valence-corrected chi connectivity index (χ4v) is 2.50. The van der Waals surface area contributed by atoms with E-state index in [1.807, 2.05) is 26.0 Å². The second-order valence-corrected chi connectivity index (χ2v) is 5.66. The van der Waals surface area contributed by atoms with Gasteiger partial charge in [-0.15, -0.1) is 0 Å². The van der Waals surface area contributed by atoms with Crippen LogP contribution >= 0.6 is 0 Å². The lowest BCUT2D eigenvalue weighted by molar-refractivity contribution is 0.120. The van der Waals surface area contributed by atoms with Gasteiger partial charge in [-0.25, -0.2) is 0 Å². The zero-order chi connectivity index (χ0) is 14.7. The molecule has 20 heavy (non-hydrogen) atoms. The summed E-state index contributed by atoms with van der Waals surface area (Å²) in [7, 11) is 0. The van der Waals surface area contributed by atoms with Gasteiger partial charge in [0.15, 0.2) is 5.82 Å². The third-order valence-corrected chi connectivity index (χ3v) is 3.62. The number of aromatic nitrogens is 2. The van der Waals surface area contributed by atoms with Crippen LogP contribution in [0.2, 0.25) is 0 Å². The van der Waals surface area contributed by atoms with Crippen LogP contribution in [0.1, 0.15) is 49.5 Å². The molecule has 108 valence electrons. The van der Waals surface area contributed by atoms with Gasteiger partial charge in [-0.1, -0.05) is 43.3 Å². The number of aliphatic hydroxyl groups is 1. The van der Waals surface area contributed by atoms with Crippen LogP contribution in [0.25, 0.3) is 0 Å². The summed E-state index contributed by atoms with van der Waals surface area (Å²) in [6, 6.07) is 8.17. The summed E-state index contributed by atoms with van der Waals surface area (Å²) in [5.41, 5.74) is 2.41. The van der Waals surface area contributed by atoms with E-state index in [1.165, 1.54) is 11.1 Å². The molecular formula is C16H22N2O2. The molecule has 1 N–H and O–H groups in total. The zero-order valence-electron chi connectivity index (χ0n) is 12.5. The topological polar surface area (TPSA) is 59.2 Å². The third-order valence-electron chi connectivity index (χ3n) is 3.62. The maximum Gasteiger partial charge on any atom is 0.232 e. The van der Waals surface area contributed by atoms with Crippen LogP contribution in [0, 0.1) is 12.8 Å². The quantitative estimate of drug-likeness (QED) is 0.910. The maximum absolute atomic E-state index is 9.85. The monoisotopic (exact) mass is 274 g/mol. The molecule has 2 atom stereocenters. The summed E-state index contributed by atoms with van der Waals surface area (Å²) in [6.07, 6.45) is 0.155. The molecule has 0 aliphatic rings. The minimum atomic E-state index is -0.498. The highest BCUT2D eigenvalue weighted by Gasteiger charge is 2.27. The summed E-state index contributed by atoms with van der Waals surface area (Å²) in [6.45, 7) is 7.92. The van der Waals surface area contributed by atoms with E-state index >= 15 is 0 Å². The van der Waals surface area contributed by atoms with Crippen LogP contribution in [-0.4, -0.2) is 21.4 Å². The van der Waals surface area contributed by atoms with Gasteiger partial charge in [0.05, 0.1) is 12.0 Å².